The standard InChI is InChI=1S/C14H11Cl2F5N2O/c15-11(16)5-23(6-12(17)18)7-1-2-10-8(3-7)9(14(19,20)21)4-13(24)22-10/h1-4,11-12H,5-6H2,(H,22,24). The van der Waals surface area contributed by atoms with Crippen molar-refractivity contribution < 1.29 is 22.0 Å². The van der Waals surface area contributed by atoms with Crippen molar-refractivity contribution >= 4 is 39.8 Å². The number of aromatic amines is 1. The number of benzene rings is 1. The molecule has 0 saturated heterocycles. The maximum absolute atomic E-state index is 13.1. The molecule has 24 heavy (non-hydrogen) atoms. The Morgan fingerprint density at radius 1 is 1.12 bits per heavy atom. The number of anilines is 1. The van der Waals surface area contributed by atoms with E-state index in [2.05, 4.69) is 4.98 Å². The second kappa shape index (κ2) is 7.14. The van der Waals surface area contributed by atoms with Crippen LogP contribution in [0.1, 0.15) is 5.56 Å². The summed E-state index contributed by atoms with van der Waals surface area (Å²) in [6.07, 6.45) is -7.49. The van der Waals surface area contributed by atoms with Crippen LogP contribution in [-0.4, -0.2) is 29.3 Å². The minimum atomic E-state index is -4.76. The molecule has 1 heterocycles. The second-order valence-corrected chi connectivity index (χ2v) is 6.24. The van der Waals surface area contributed by atoms with Crippen LogP contribution in [0.4, 0.5) is 27.6 Å². The van der Waals surface area contributed by atoms with Gasteiger partial charge in [0.25, 0.3) is 6.43 Å². The lowest BCUT2D eigenvalue weighted by Crippen LogP contribution is -2.32. The minimum absolute atomic E-state index is 0.0520. The number of halogens is 7. The SMILES string of the molecule is O=c1cc(C(F)(F)F)c2cc(N(CC(F)F)CC(Cl)Cl)ccc2[nH]1. The van der Waals surface area contributed by atoms with Crippen molar-refractivity contribution in [3.63, 3.8) is 0 Å². The van der Waals surface area contributed by atoms with Crippen molar-refractivity contribution in [3.05, 3.63) is 40.2 Å². The largest absolute Gasteiger partial charge is 0.417 e. The Bertz CT molecular complexity index is 766. The Balaban J connectivity index is 2.59. The highest BCUT2D eigenvalue weighted by Gasteiger charge is 2.33. The van der Waals surface area contributed by atoms with Gasteiger partial charge in [-0.15, -0.1) is 23.2 Å². The Morgan fingerprint density at radius 3 is 2.33 bits per heavy atom. The van der Waals surface area contributed by atoms with Crippen LogP contribution in [0.25, 0.3) is 10.9 Å². The monoisotopic (exact) mass is 388 g/mol. The fraction of sp³-hybridized carbons (Fsp3) is 0.357. The molecule has 0 atom stereocenters. The molecular formula is C14H11Cl2F5N2O. The van der Waals surface area contributed by atoms with E-state index in [4.69, 9.17) is 23.2 Å². The van der Waals surface area contributed by atoms with Crippen LogP contribution in [-0.2, 0) is 6.18 Å². The van der Waals surface area contributed by atoms with Gasteiger partial charge in [0.2, 0.25) is 5.56 Å². The second-order valence-electron chi connectivity index (χ2n) is 4.96. The van der Waals surface area contributed by atoms with E-state index in [1.807, 2.05) is 0 Å². The zero-order valence-electron chi connectivity index (χ0n) is 11.9. The molecule has 0 unspecified atom stereocenters. The fourth-order valence-electron chi connectivity index (χ4n) is 2.29. The van der Waals surface area contributed by atoms with Crippen LogP contribution >= 0.6 is 23.2 Å². The third-order valence-electron chi connectivity index (χ3n) is 3.21. The molecule has 10 heteroatoms. The first-order valence-electron chi connectivity index (χ1n) is 6.63. The Labute approximate surface area is 143 Å². The van der Waals surface area contributed by atoms with E-state index < -0.39 is 35.1 Å². The minimum Gasteiger partial charge on any atom is -0.363 e. The number of aromatic nitrogens is 1. The summed E-state index contributed by atoms with van der Waals surface area (Å²) in [5.74, 6) is 0. The molecule has 0 radical (unpaired) electrons. The van der Waals surface area contributed by atoms with Crippen molar-refractivity contribution in [2.45, 2.75) is 17.4 Å². The molecule has 0 spiro atoms. The molecule has 0 bridgehead atoms. The Morgan fingerprint density at radius 2 is 1.79 bits per heavy atom. The summed E-state index contributed by atoms with van der Waals surface area (Å²) in [5, 5.41) is -0.306. The third kappa shape index (κ3) is 4.51. The third-order valence-corrected chi connectivity index (χ3v) is 3.49. The average Bonchev–Trinajstić information content (AvgIpc) is 2.43. The van der Waals surface area contributed by atoms with Gasteiger partial charge in [0.05, 0.1) is 12.1 Å². The summed E-state index contributed by atoms with van der Waals surface area (Å²) in [7, 11) is 0. The van der Waals surface area contributed by atoms with Crippen molar-refractivity contribution in [2.24, 2.45) is 0 Å². The van der Waals surface area contributed by atoms with Gasteiger partial charge >= 0.3 is 6.18 Å². The lowest BCUT2D eigenvalue weighted by molar-refractivity contribution is -0.136. The first kappa shape index (κ1) is 18.8. The molecule has 0 aliphatic carbocycles. The summed E-state index contributed by atoms with van der Waals surface area (Å²) < 4.78 is 64.8. The first-order chi connectivity index (χ1) is 11.1. The van der Waals surface area contributed by atoms with Crippen LogP contribution < -0.4 is 10.5 Å². The predicted molar refractivity (Wildman–Crippen MR) is 83.3 cm³/mol. The Kier molecular flexibility index (Phi) is 5.59. The molecule has 3 nitrogen and oxygen atoms in total. The van der Waals surface area contributed by atoms with Gasteiger partial charge in [-0.05, 0) is 18.2 Å². The summed E-state index contributed by atoms with van der Waals surface area (Å²) in [6.45, 7) is -0.935. The van der Waals surface area contributed by atoms with Crippen LogP contribution in [0.3, 0.4) is 0 Å². The maximum Gasteiger partial charge on any atom is 0.417 e. The van der Waals surface area contributed by atoms with E-state index in [9.17, 15) is 26.7 Å². The number of nitrogens with one attached hydrogen (secondary N) is 1. The van der Waals surface area contributed by atoms with Gasteiger partial charge in [-0.25, -0.2) is 8.78 Å². The molecule has 0 aliphatic heterocycles. The van der Waals surface area contributed by atoms with Gasteiger partial charge in [0.1, 0.15) is 4.84 Å². The van der Waals surface area contributed by atoms with E-state index in [0.717, 1.165) is 11.0 Å². The van der Waals surface area contributed by atoms with Gasteiger partial charge in [0, 0.05) is 29.2 Å². The summed E-state index contributed by atoms with van der Waals surface area (Å²) in [5.41, 5.74) is -2.02. The van der Waals surface area contributed by atoms with Crippen LogP contribution in [0, 0.1) is 0 Å². The first-order valence-corrected chi connectivity index (χ1v) is 7.50. The van der Waals surface area contributed by atoms with E-state index >= 15 is 0 Å². The molecular weight excluding hydrogens is 378 g/mol. The summed E-state index contributed by atoms with van der Waals surface area (Å²) in [6, 6.07) is 4.04. The number of nitrogens with zero attached hydrogens (tertiary/aromatic N) is 1. The number of hydrogen-bond acceptors (Lipinski definition) is 2. The molecule has 0 aliphatic rings. The highest BCUT2D eigenvalue weighted by Crippen LogP contribution is 2.35. The normalized spacial score (nSPS) is 12.4. The molecule has 0 amide bonds. The number of H-pyrrole nitrogens is 1. The smallest absolute Gasteiger partial charge is 0.363 e. The fourth-order valence-corrected chi connectivity index (χ4v) is 2.62. The van der Waals surface area contributed by atoms with Crippen LogP contribution in [0.5, 0.6) is 0 Å². The van der Waals surface area contributed by atoms with E-state index in [1.165, 1.54) is 12.1 Å². The maximum atomic E-state index is 13.1. The lowest BCUT2D eigenvalue weighted by Gasteiger charge is -2.25. The summed E-state index contributed by atoms with van der Waals surface area (Å²) in [4.78, 5) is 13.7. The number of fused-ring (bicyclic) bond motifs is 1. The molecule has 132 valence electrons. The predicted octanol–water partition coefficient (Wildman–Crippen LogP) is 4.42. The van der Waals surface area contributed by atoms with Gasteiger partial charge in [-0.1, -0.05) is 0 Å². The lowest BCUT2D eigenvalue weighted by atomic mass is 10.1. The molecule has 1 aromatic carbocycles. The van der Waals surface area contributed by atoms with Crippen molar-refractivity contribution in [2.75, 3.05) is 18.0 Å². The summed E-state index contributed by atoms with van der Waals surface area (Å²) >= 11 is 11.2. The molecule has 0 fully saturated rings. The average molecular weight is 389 g/mol. The number of rotatable bonds is 5. The van der Waals surface area contributed by atoms with Crippen molar-refractivity contribution in [3.8, 4) is 0 Å². The molecule has 1 N–H and O–H groups in total. The number of hydrogen-bond donors (Lipinski definition) is 1. The Hall–Kier alpha value is -1.54. The van der Waals surface area contributed by atoms with Crippen molar-refractivity contribution in [1.82, 2.24) is 4.98 Å². The van der Waals surface area contributed by atoms with Crippen molar-refractivity contribution in [1.29, 1.82) is 0 Å². The zero-order chi connectivity index (χ0) is 18.1. The molecule has 0 saturated carbocycles. The van der Waals surface area contributed by atoms with Gasteiger partial charge in [-0.2, -0.15) is 13.2 Å². The van der Waals surface area contributed by atoms with Gasteiger partial charge < -0.3 is 9.88 Å². The number of alkyl halides is 7. The molecule has 2 rings (SSSR count). The van der Waals surface area contributed by atoms with Crippen LogP contribution in [0.2, 0.25) is 0 Å². The van der Waals surface area contributed by atoms with E-state index in [-0.39, 0.29) is 23.1 Å². The zero-order valence-corrected chi connectivity index (χ0v) is 13.4. The molecule has 1 aromatic heterocycles. The van der Waals surface area contributed by atoms with Gasteiger partial charge in [0.15, 0.2) is 0 Å². The van der Waals surface area contributed by atoms with E-state index in [1.54, 1.807) is 0 Å². The highest BCUT2D eigenvalue weighted by molar-refractivity contribution is 6.44. The van der Waals surface area contributed by atoms with E-state index in [0.29, 0.717) is 6.07 Å². The van der Waals surface area contributed by atoms with Gasteiger partial charge in [-0.3, -0.25) is 4.79 Å². The quantitative estimate of drug-likeness (QED) is 0.607. The van der Waals surface area contributed by atoms with Crippen LogP contribution in [0.15, 0.2) is 29.1 Å². The topological polar surface area (TPSA) is 36.1 Å². The molecule has 2 aromatic rings. The highest BCUT2D eigenvalue weighted by atomic mass is 35.5. The number of pyridine rings is 1.